The van der Waals surface area contributed by atoms with Crippen molar-refractivity contribution in [3.63, 3.8) is 0 Å². The molecule has 0 saturated carbocycles. The summed E-state index contributed by atoms with van der Waals surface area (Å²) in [6.07, 6.45) is 0.796. The molecule has 0 spiro atoms. The fourth-order valence-corrected chi connectivity index (χ4v) is 1.40. The van der Waals surface area contributed by atoms with Gasteiger partial charge in [0.15, 0.2) is 6.23 Å². The lowest BCUT2D eigenvalue weighted by Gasteiger charge is -2.23. The van der Waals surface area contributed by atoms with Crippen LogP contribution in [0.5, 0.6) is 0 Å². The van der Waals surface area contributed by atoms with Gasteiger partial charge in [0.25, 0.3) is 0 Å². The van der Waals surface area contributed by atoms with Crippen molar-refractivity contribution >= 4 is 5.97 Å². The fraction of sp³-hybridized carbons (Fsp3) is 0.900. The average molecular weight is 200 g/mol. The minimum atomic E-state index is -0.441. The van der Waals surface area contributed by atoms with Crippen molar-refractivity contribution in [3.8, 4) is 0 Å². The second-order valence-corrected chi connectivity index (χ2v) is 4.81. The fourth-order valence-electron chi connectivity index (χ4n) is 1.40. The number of nitrogens with one attached hydrogen (secondary N) is 1. The third kappa shape index (κ3) is 2.69. The molecular weight excluding hydrogens is 180 g/mol. The first-order valence-electron chi connectivity index (χ1n) is 5.09. The van der Waals surface area contributed by atoms with Crippen molar-refractivity contribution in [2.75, 3.05) is 13.1 Å². The molecule has 0 aromatic heterocycles. The van der Waals surface area contributed by atoms with E-state index in [4.69, 9.17) is 10.5 Å². The summed E-state index contributed by atoms with van der Waals surface area (Å²) in [5.41, 5.74) is 5.14. The Morgan fingerprint density at radius 3 is 2.71 bits per heavy atom. The van der Waals surface area contributed by atoms with Crippen LogP contribution in [0.25, 0.3) is 0 Å². The van der Waals surface area contributed by atoms with E-state index in [0.717, 1.165) is 13.0 Å². The van der Waals surface area contributed by atoms with Gasteiger partial charge in [-0.3, -0.25) is 10.1 Å². The van der Waals surface area contributed by atoms with Crippen LogP contribution >= 0.6 is 0 Å². The van der Waals surface area contributed by atoms with Crippen molar-refractivity contribution in [2.24, 2.45) is 17.1 Å². The van der Waals surface area contributed by atoms with Crippen LogP contribution in [-0.2, 0) is 9.53 Å². The largest absolute Gasteiger partial charge is 0.446 e. The molecule has 1 heterocycles. The van der Waals surface area contributed by atoms with E-state index >= 15 is 0 Å². The molecule has 4 nitrogen and oxygen atoms in total. The van der Waals surface area contributed by atoms with Gasteiger partial charge in [-0.15, -0.1) is 0 Å². The standard InChI is InChI=1S/C10H20N2O2/c1-10(2,3)9(13)14-8-7(6-11)4-5-12-8/h7-8,12H,4-6,11H2,1-3H3. The molecule has 1 saturated heterocycles. The quantitative estimate of drug-likeness (QED) is 0.636. The van der Waals surface area contributed by atoms with Gasteiger partial charge in [-0.1, -0.05) is 0 Å². The first-order chi connectivity index (χ1) is 6.45. The monoisotopic (exact) mass is 200 g/mol. The summed E-state index contributed by atoms with van der Waals surface area (Å²) < 4.78 is 5.35. The molecule has 82 valence electrons. The number of carbonyl (C=O) groups excluding carboxylic acids is 1. The Morgan fingerprint density at radius 1 is 1.57 bits per heavy atom. The molecule has 2 unspecified atom stereocenters. The van der Waals surface area contributed by atoms with Crippen molar-refractivity contribution in [1.29, 1.82) is 0 Å². The Kier molecular flexibility index (Phi) is 3.50. The molecule has 4 heteroatoms. The van der Waals surface area contributed by atoms with Crippen LogP contribution in [0.3, 0.4) is 0 Å². The summed E-state index contributed by atoms with van der Waals surface area (Å²) in [5.74, 6) is 0.0941. The summed E-state index contributed by atoms with van der Waals surface area (Å²) in [6.45, 7) is 6.99. The molecule has 14 heavy (non-hydrogen) atoms. The van der Waals surface area contributed by atoms with Gasteiger partial charge >= 0.3 is 5.97 Å². The Balaban J connectivity index is 2.48. The highest BCUT2D eigenvalue weighted by Crippen LogP contribution is 2.21. The molecule has 1 aliphatic rings. The van der Waals surface area contributed by atoms with E-state index in [1.807, 2.05) is 20.8 Å². The lowest BCUT2D eigenvalue weighted by atomic mass is 9.97. The molecule has 0 aliphatic carbocycles. The zero-order chi connectivity index (χ0) is 10.8. The predicted octanol–water partition coefficient (Wildman–Crippen LogP) is 0.470. The summed E-state index contributed by atoms with van der Waals surface area (Å²) in [5, 5.41) is 3.14. The topological polar surface area (TPSA) is 64.3 Å². The molecule has 1 fully saturated rings. The molecular formula is C10H20N2O2. The van der Waals surface area contributed by atoms with Gasteiger partial charge in [-0.25, -0.2) is 0 Å². The number of esters is 1. The summed E-state index contributed by atoms with van der Waals surface area (Å²) in [6, 6.07) is 0. The second-order valence-electron chi connectivity index (χ2n) is 4.81. The SMILES string of the molecule is CC(C)(C)C(=O)OC1NCCC1CN. The predicted molar refractivity (Wildman–Crippen MR) is 54.5 cm³/mol. The first-order valence-corrected chi connectivity index (χ1v) is 5.09. The number of nitrogens with two attached hydrogens (primary N) is 1. The van der Waals surface area contributed by atoms with E-state index in [9.17, 15) is 4.79 Å². The number of hydrogen-bond donors (Lipinski definition) is 2. The molecule has 3 N–H and O–H groups in total. The Hall–Kier alpha value is -0.610. The minimum absolute atomic E-state index is 0.171. The number of ether oxygens (including phenoxy) is 1. The summed E-state index contributed by atoms with van der Waals surface area (Å²) in [4.78, 5) is 11.6. The van der Waals surface area contributed by atoms with Crippen molar-refractivity contribution in [3.05, 3.63) is 0 Å². The van der Waals surface area contributed by atoms with E-state index in [2.05, 4.69) is 5.32 Å². The maximum atomic E-state index is 11.6. The number of rotatable bonds is 2. The van der Waals surface area contributed by atoms with Crippen LogP contribution in [0.2, 0.25) is 0 Å². The van der Waals surface area contributed by atoms with Crippen LogP contribution in [0, 0.1) is 11.3 Å². The Labute approximate surface area is 85.2 Å². The maximum Gasteiger partial charge on any atom is 0.312 e. The Bertz CT molecular complexity index is 211. The van der Waals surface area contributed by atoms with Crippen molar-refractivity contribution in [2.45, 2.75) is 33.4 Å². The van der Waals surface area contributed by atoms with E-state index in [-0.39, 0.29) is 18.1 Å². The van der Waals surface area contributed by atoms with E-state index in [1.165, 1.54) is 0 Å². The van der Waals surface area contributed by atoms with Gasteiger partial charge in [0.2, 0.25) is 0 Å². The van der Waals surface area contributed by atoms with E-state index < -0.39 is 5.41 Å². The molecule has 0 radical (unpaired) electrons. The van der Waals surface area contributed by atoms with E-state index in [0.29, 0.717) is 6.54 Å². The third-order valence-electron chi connectivity index (χ3n) is 2.44. The van der Waals surface area contributed by atoms with Crippen LogP contribution in [0.4, 0.5) is 0 Å². The van der Waals surface area contributed by atoms with Crippen LogP contribution in [0.1, 0.15) is 27.2 Å². The minimum Gasteiger partial charge on any atom is -0.446 e. The lowest BCUT2D eigenvalue weighted by molar-refractivity contribution is -0.161. The van der Waals surface area contributed by atoms with E-state index in [1.54, 1.807) is 0 Å². The van der Waals surface area contributed by atoms with Crippen LogP contribution < -0.4 is 11.1 Å². The van der Waals surface area contributed by atoms with Crippen LogP contribution in [-0.4, -0.2) is 25.3 Å². The maximum absolute atomic E-state index is 11.6. The zero-order valence-corrected chi connectivity index (χ0v) is 9.17. The summed E-state index contributed by atoms with van der Waals surface area (Å²) >= 11 is 0. The van der Waals surface area contributed by atoms with Crippen LogP contribution in [0.15, 0.2) is 0 Å². The molecule has 1 aliphatic heterocycles. The molecule has 0 aromatic carbocycles. The molecule has 0 aromatic rings. The molecule has 1 rings (SSSR count). The van der Waals surface area contributed by atoms with Gasteiger partial charge < -0.3 is 10.5 Å². The second kappa shape index (κ2) is 4.28. The normalized spacial score (nSPS) is 27.7. The van der Waals surface area contributed by atoms with Gasteiger partial charge in [-0.2, -0.15) is 0 Å². The highest BCUT2D eigenvalue weighted by atomic mass is 16.6. The smallest absolute Gasteiger partial charge is 0.312 e. The third-order valence-corrected chi connectivity index (χ3v) is 2.44. The summed E-state index contributed by atoms with van der Waals surface area (Å²) in [7, 11) is 0. The first kappa shape index (κ1) is 11.5. The van der Waals surface area contributed by atoms with Crippen molar-refractivity contribution < 1.29 is 9.53 Å². The zero-order valence-electron chi connectivity index (χ0n) is 9.17. The average Bonchev–Trinajstić information content (AvgIpc) is 2.50. The molecule has 0 amide bonds. The highest BCUT2D eigenvalue weighted by Gasteiger charge is 2.32. The molecule has 2 atom stereocenters. The lowest BCUT2D eigenvalue weighted by Crippen LogP contribution is -2.38. The van der Waals surface area contributed by atoms with Crippen molar-refractivity contribution in [1.82, 2.24) is 5.32 Å². The van der Waals surface area contributed by atoms with Gasteiger partial charge in [0.05, 0.1) is 5.41 Å². The Morgan fingerprint density at radius 2 is 2.21 bits per heavy atom. The van der Waals surface area contributed by atoms with Gasteiger partial charge in [0, 0.05) is 12.5 Å². The molecule has 0 bridgehead atoms. The number of carbonyl (C=O) groups is 1. The van der Waals surface area contributed by atoms with Gasteiger partial charge in [-0.05, 0) is 33.7 Å². The number of hydrogen-bond acceptors (Lipinski definition) is 4. The van der Waals surface area contributed by atoms with Gasteiger partial charge in [0.1, 0.15) is 0 Å². The highest BCUT2D eigenvalue weighted by molar-refractivity contribution is 5.75.